The van der Waals surface area contributed by atoms with E-state index in [4.69, 9.17) is 0 Å². The van der Waals surface area contributed by atoms with Crippen LogP contribution in [0.15, 0.2) is 152 Å². The molecule has 0 N–H and O–H groups in total. The molecule has 0 aromatic heterocycles. The molecular formula is C54H51N. The number of benzene rings is 6. The van der Waals surface area contributed by atoms with Gasteiger partial charge in [0.25, 0.3) is 0 Å². The normalized spacial score (nSPS) is 28.9. The van der Waals surface area contributed by atoms with Gasteiger partial charge < -0.3 is 4.90 Å². The Labute approximate surface area is 327 Å². The van der Waals surface area contributed by atoms with Gasteiger partial charge in [0, 0.05) is 17.1 Å². The second-order valence-corrected chi connectivity index (χ2v) is 18.7. The molecule has 0 spiro atoms. The Bertz CT molecular complexity index is 2300. The zero-order chi connectivity index (χ0) is 36.1. The molecule has 0 amide bonds. The van der Waals surface area contributed by atoms with E-state index in [1.54, 1.807) is 11.1 Å². The van der Waals surface area contributed by atoms with Gasteiger partial charge in [0.15, 0.2) is 0 Å². The van der Waals surface area contributed by atoms with Gasteiger partial charge in [-0.3, -0.25) is 0 Å². The van der Waals surface area contributed by atoms with Crippen LogP contribution in [0.5, 0.6) is 0 Å². The smallest absolute Gasteiger partial charge is 0.0713 e. The number of nitrogens with zero attached hydrogens (tertiary/aromatic N) is 1. The van der Waals surface area contributed by atoms with Gasteiger partial charge in [0.2, 0.25) is 0 Å². The number of hydrogen-bond acceptors (Lipinski definition) is 1. The lowest BCUT2D eigenvalue weighted by atomic mass is 9.48. The Morgan fingerprint density at radius 2 is 0.982 bits per heavy atom. The first-order chi connectivity index (χ1) is 27.1. The van der Waals surface area contributed by atoms with E-state index in [1.165, 1.54) is 115 Å². The molecule has 3 unspecified atom stereocenters. The molecule has 13 rings (SSSR count). The van der Waals surface area contributed by atoms with Crippen LogP contribution in [0.4, 0.5) is 17.1 Å². The molecule has 6 fully saturated rings. The van der Waals surface area contributed by atoms with E-state index < -0.39 is 0 Å². The van der Waals surface area contributed by atoms with Gasteiger partial charge in [0.05, 0.1) is 5.41 Å². The topological polar surface area (TPSA) is 3.24 Å². The predicted molar refractivity (Wildman–Crippen MR) is 226 cm³/mol. The molecule has 0 aliphatic heterocycles. The molecular weight excluding hydrogens is 663 g/mol. The Morgan fingerprint density at radius 3 is 1.58 bits per heavy atom. The molecule has 7 aliphatic rings. The molecule has 55 heavy (non-hydrogen) atoms. The quantitative estimate of drug-likeness (QED) is 0.159. The largest absolute Gasteiger partial charge is 0.310 e. The van der Waals surface area contributed by atoms with E-state index in [1.807, 2.05) is 0 Å². The van der Waals surface area contributed by atoms with Crippen LogP contribution in [-0.4, -0.2) is 0 Å². The number of anilines is 3. The average molecular weight is 714 g/mol. The first-order valence-corrected chi connectivity index (χ1v) is 21.5. The Kier molecular flexibility index (Phi) is 7.25. The minimum atomic E-state index is -0.389. The first kappa shape index (κ1) is 32.4. The van der Waals surface area contributed by atoms with E-state index in [-0.39, 0.29) is 5.41 Å². The van der Waals surface area contributed by atoms with Crippen LogP contribution in [0.1, 0.15) is 104 Å². The summed E-state index contributed by atoms with van der Waals surface area (Å²) >= 11 is 0. The third-order valence-electron chi connectivity index (χ3n) is 15.8. The summed E-state index contributed by atoms with van der Waals surface area (Å²) in [6, 6.07) is 58.6. The van der Waals surface area contributed by atoms with Crippen molar-refractivity contribution in [3.8, 4) is 11.1 Å². The second kappa shape index (κ2) is 12.3. The summed E-state index contributed by atoms with van der Waals surface area (Å²) in [4.78, 5) is 2.54. The van der Waals surface area contributed by atoms with Gasteiger partial charge in [0.1, 0.15) is 0 Å². The van der Waals surface area contributed by atoms with Crippen molar-refractivity contribution in [2.24, 2.45) is 29.6 Å². The summed E-state index contributed by atoms with van der Waals surface area (Å²) in [7, 11) is 0. The third-order valence-corrected chi connectivity index (χ3v) is 15.8. The second-order valence-electron chi connectivity index (χ2n) is 18.7. The number of hydrogen-bond donors (Lipinski definition) is 0. The molecule has 6 saturated carbocycles. The van der Waals surface area contributed by atoms with Crippen molar-refractivity contribution in [2.75, 3.05) is 4.90 Å². The molecule has 0 saturated heterocycles. The maximum atomic E-state index is 2.54. The zero-order valence-electron chi connectivity index (χ0n) is 31.9. The maximum absolute atomic E-state index is 2.54. The van der Waals surface area contributed by atoms with E-state index in [2.05, 4.69) is 157 Å². The fraction of sp³-hybridized carbons (Fsp3) is 0.333. The van der Waals surface area contributed by atoms with E-state index in [0.29, 0.717) is 5.41 Å². The van der Waals surface area contributed by atoms with Gasteiger partial charge in [-0.15, -0.1) is 0 Å². The molecule has 0 heterocycles. The van der Waals surface area contributed by atoms with E-state index in [0.717, 1.165) is 35.5 Å². The Morgan fingerprint density at radius 1 is 0.418 bits per heavy atom. The fourth-order valence-corrected chi connectivity index (χ4v) is 14.0. The monoisotopic (exact) mass is 713 g/mol. The van der Waals surface area contributed by atoms with Crippen LogP contribution >= 0.6 is 0 Å². The van der Waals surface area contributed by atoms with Crippen molar-refractivity contribution in [1.82, 2.24) is 0 Å². The third kappa shape index (κ3) is 4.90. The van der Waals surface area contributed by atoms with Gasteiger partial charge >= 0.3 is 0 Å². The highest BCUT2D eigenvalue weighted by atomic mass is 15.1. The SMILES string of the molecule is c1ccc(C2(c3ccccc3)c3ccccc3-c3cc(N(c4ccc(C5CC6CCC5C6)cc4)c4ccc(C56CC7CC(CC(C7)C5)C6)cc4)ccc32)cc1. The standard InChI is InChI=1S/C54H51N/c1-3-9-43(10-4-1)54(44-11-5-2-6-12-44)51-14-8-7-13-48(51)50-32-47(25-26-52(50)54)55(45-21-17-40(18-22-45)49-31-36-15-16-41(49)30-36)46-23-19-42(20-24-46)53-33-37-27-38(34-53)29-39(28-37)35-53/h1-14,17-26,32,36-39,41,49H,15-16,27-31,33-35H2. The summed E-state index contributed by atoms with van der Waals surface area (Å²) in [5.41, 5.74) is 14.9. The van der Waals surface area contributed by atoms with Crippen LogP contribution in [0.3, 0.4) is 0 Å². The van der Waals surface area contributed by atoms with Gasteiger partial charge in [-0.2, -0.15) is 0 Å². The van der Waals surface area contributed by atoms with Gasteiger partial charge in [-0.25, -0.2) is 0 Å². The van der Waals surface area contributed by atoms with Gasteiger partial charge in [-0.05, 0) is 180 Å². The predicted octanol–water partition coefficient (Wildman–Crippen LogP) is 13.9. The van der Waals surface area contributed by atoms with Crippen molar-refractivity contribution >= 4 is 17.1 Å². The van der Waals surface area contributed by atoms with E-state index in [9.17, 15) is 0 Å². The van der Waals surface area contributed by atoms with Crippen molar-refractivity contribution in [2.45, 2.75) is 81.0 Å². The van der Waals surface area contributed by atoms with Crippen molar-refractivity contribution in [1.29, 1.82) is 0 Å². The summed E-state index contributed by atoms with van der Waals surface area (Å²) in [5, 5.41) is 0. The van der Waals surface area contributed by atoms with Crippen molar-refractivity contribution in [3.63, 3.8) is 0 Å². The molecule has 1 nitrogen and oxygen atoms in total. The van der Waals surface area contributed by atoms with E-state index >= 15 is 0 Å². The molecule has 6 aromatic carbocycles. The summed E-state index contributed by atoms with van der Waals surface area (Å²) in [5.74, 6) is 5.42. The Hall–Kier alpha value is -4.88. The van der Waals surface area contributed by atoms with Crippen LogP contribution in [0.2, 0.25) is 0 Å². The highest BCUT2D eigenvalue weighted by Crippen LogP contribution is 2.61. The maximum Gasteiger partial charge on any atom is 0.0713 e. The average Bonchev–Trinajstić information content (AvgIpc) is 3.95. The van der Waals surface area contributed by atoms with Crippen LogP contribution in [-0.2, 0) is 10.8 Å². The van der Waals surface area contributed by atoms with Gasteiger partial charge in [-0.1, -0.05) is 122 Å². The molecule has 6 bridgehead atoms. The number of rotatable bonds is 7. The summed E-state index contributed by atoms with van der Waals surface area (Å²) < 4.78 is 0. The minimum Gasteiger partial charge on any atom is -0.310 e. The zero-order valence-corrected chi connectivity index (χ0v) is 31.9. The lowest BCUT2D eigenvalue weighted by Crippen LogP contribution is -2.48. The lowest BCUT2D eigenvalue weighted by molar-refractivity contribution is -0.00518. The van der Waals surface area contributed by atoms with Crippen LogP contribution in [0.25, 0.3) is 11.1 Å². The Balaban J connectivity index is 0.997. The molecule has 6 aromatic rings. The molecule has 3 atom stereocenters. The highest BCUT2D eigenvalue weighted by Gasteiger charge is 2.52. The van der Waals surface area contributed by atoms with Crippen molar-refractivity contribution in [3.05, 3.63) is 185 Å². The highest BCUT2D eigenvalue weighted by molar-refractivity contribution is 5.90. The summed E-state index contributed by atoms with van der Waals surface area (Å²) in [6.07, 6.45) is 14.4. The summed E-state index contributed by atoms with van der Waals surface area (Å²) in [6.45, 7) is 0. The fourth-order valence-electron chi connectivity index (χ4n) is 14.0. The molecule has 7 aliphatic carbocycles. The molecule has 0 radical (unpaired) electrons. The molecule has 272 valence electrons. The van der Waals surface area contributed by atoms with Crippen LogP contribution in [0, 0.1) is 29.6 Å². The minimum absolute atomic E-state index is 0.389. The molecule has 1 heteroatoms. The number of fused-ring (bicyclic) bond motifs is 5. The lowest BCUT2D eigenvalue weighted by Gasteiger charge is -2.57. The first-order valence-electron chi connectivity index (χ1n) is 21.5. The van der Waals surface area contributed by atoms with Crippen LogP contribution < -0.4 is 4.90 Å². The van der Waals surface area contributed by atoms with Crippen molar-refractivity contribution < 1.29 is 0 Å².